The van der Waals surface area contributed by atoms with E-state index in [1.165, 1.54) is 30.3 Å². The number of halogens is 3. The lowest BCUT2D eigenvalue weighted by Crippen LogP contribution is -2.23. The lowest BCUT2D eigenvalue weighted by atomic mass is 10.0. The minimum atomic E-state index is -4.78. The largest absolute Gasteiger partial charge is 0.573 e. The van der Waals surface area contributed by atoms with E-state index in [1.54, 1.807) is 12.1 Å². The summed E-state index contributed by atoms with van der Waals surface area (Å²) in [4.78, 5) is 23.0. The average Bonchev–Trinajstić information content (AvgIpc) is 2.65. The first kappa shape index (κ1) is 21.1. The standard InChI is InChI=1S/C19H18F3NO5/c1-3-10-27-16-9-6-13(23-17(24)18(25)26-2)11-15(16)12-4-7-14(8-5-12)28-19(20,21)22/h4-9,11H,3,10H2,1-2H3,(H,23,24). The van der Waals surface area contributed by atoms with Crippen LogP contribution < -0.4 is 14.8 Å². The number of anilines is 1. The van der Waals surface area contributed by atoms with Crippen LogP contribution in [-0.2, 0) is 14.3 Å². The first-order chi connectivity index (χ1) is 13.2. The number of nitrogens with one attached hydrogen (secondary N) is 1. The molecule has 6 nitrogen and oxygen atoms in total. The van der Waals surface area contributed by atoms with Crippen LogP contribution in [0.2, 0.25) is 0 Å². The van der Waals surface area contributed by atoms with E-state index in [2.05, 4.69) is 14.8 Å². The van der Waals surface area contributed by atoms with Crippen molar-refractivity contribution >= 4 is 17.6 Å². The fourth-order valence-electron chi connectivity index (χ4n) is 2.28. The molecule has 1 N–H and O–H groups in total. The SMILES string of the molecule is CCCOc1ccc(NC(=O)C(=O)OC)cc1-c1ccc(OC(F)(F)F)cc1. The Labute approximate surface area is 159 Å². The number of rotatable bonds is 6. The number of carbonyl (C=O) groups excluding carboxylic acids is 2. The molecule has 0 saturated heterocycles. The monoisotopic (exact) mass is 397 g/mol. The van der Waals surface area contributed by atoms with Gasteiger partial charge in [-0.05, 0) is 42.3 Å². The number of hydrogen-bond donors (Lipinski definition) is 1. The van der Waals surface area contributed by atoms with Gasteiger partial charge in [0.05, 0.1) is 13.7 Å². The Morgan fingerprint density at radius 3 is 2.32 bits per heavy atom. The Balaban J connectivity index is 2.34. The summed E-state index contributed by atoms with van der Waals surface area (Å²) in [7, 11) is 1.08. The highest BCUT2D eigenvalue weighted by Gasteiger charge is 2.31. The van der Waals surface area contributed by atoms with Gasteiger partial charge < -0.3 is 19.5 Å². The maximum atomic E-state index is 12.3. The van der Waals surface area contributed by atoms with E-state index in [4.69, 9.17) is 4.74 Å². The maximum Gasteiger partial charge on any atom is 0.573 e. The predicted octanol–water partition coefficient (Wildman–Crippen LogP) is 4.15. The highest BCUT2D eigenvalue weighted by atomic mass is 19.4. The van der Waals surface area contributed by atoms with Crippen molar-refractivity contribution in [2.75, 3.05) is 19.0 Å². The summed E-state index contributed by atoms with van der Waals surface area (Å²) >= 11 is 0. The summed E-state index contributed by atoms with van der Waals surface area (Å²) in [6, 6.07) is 9.89. The lowest BCUT2D eigenvalue weighted by molar-refractivity contribution is -0.274. The van der Waals surface area contributed by atoms with Gasteiger partial charge in [-0.15, -0.1) is 13.2 Å². The molecule has 0 saturated carbocycles. The first-order valence-corrected chi connectivity index (χ1v) is 8.26. The number of esters is 1. The molecule has 150 valence electrons. The van der Waals surface area contributed by atoms with Gasteiger partial charge in [0.15, 0.2) is 0 Å². The average molecular weight is 397 g/mol. The van der Waals surface area contributed by atoms with Crippen molar-refractivity contribution in [3.8, 4) is 22.6 Å². The topological polar surface area (TPSA) is 73.9 Å². The van der Waals surface area contributed by atoms with Crippen LogP contribution in [0.1, 0.15) is 13.3 Å². The molecular weight excluding hydrogens is 379 g/mol. The second-order valence-corrected chi connectivity index (χ2v) is 5.58. The molecular formula is C19H18F3NO5. The summed E-state index contributed by atoms with van der Waals surface area (Å²) in [6.07, 6.45) is -4.03. The van der Waals surface area contributed by atoms with Crippen molar-refractivity contribution in [3.05, 3.63) is 42.5 Å². The molecule has 0 fully saturated rings. The van der Waals surface area contributed by atoms with E-state index in [-0.39, 0.29) is 5.75 Å². The van der Waals surface area contributed by atoms with E-state index in [0.717, 1.165) is 13.5 Å². The first-order valence-electron chi connectivity index (χ1n) is 8.26. The second-order valence-electron chi connectivity index (χ2n) is 5.58. The van der Waals surface area contributed by atoms with Gasteiger partial charge in [-0.1, -0.05) is 19.1 Å². The van der Waals surface area contributed by atoms with Crippen molar-refractivity contribution < 1.29 is 37.0 Å². The number of ether oxygens (including phenoxy) is 3. The Hall–Kier alpha value is -3.23. The molecule has 0 heterocycles. The normalized spacial score (nSPS) is 10.9. The number of methoxy groups -OCH3 is 1. The van der Waals surface area contributed by atoms with E-state index >= 15 is 0 Å². The molecule has 0 aliphatic rings. The van der Waals surface area contributed by atoms with Crippen LogP contribution in [0.15, 0.2) is 42.5 Å². The van der Waals surface area contributed by atoms with Gasteiger partial charge in [0, 0.05) is 11.3 Å². The summed E-state index contributed by atoms with van der Waals surface area (Å²) < 4.78 is 50.8. The smallest absolute Gasteiger partial charge is 0.493 e. The van der Waals surface area contributed by atoms with Gasteiger partial charge in [-0.2, -0.15) is 0 Å². The molecule has 0 spiro atoms. The quantitative estimate of drug-likeness (QED) is 0.586. The Morgan fingerprint density at radius 1 is 1.07 bits per heavy atom. The fraction of sp³-hybridized carbons (Fsp3) is 0.263. The van der Waals surface area contributed by atoms with Crippen LogP contribution in [0, 0.1) is 0 Å². The van der Waals surface area contributed by atoms with Crippen LogP contribution in [0.25, 0.3) is 11.1 Å². The van der Waals surface area contributed by atoms with Gasteiger partial charge in [0.25, 0.3) is 0 Å². The van der Waals surface area contributed by atoms with E-state index < -0.39 is 18.2 Å². The molecule has 0 bridgehead atoms. The molecule has 2 rings (SSSR count). The highest BCUT2D eigenvalue weighted by molar-refractivity contribution is 6.37. The zero-order chi connectivity index (χ0) is 20.7. The van der Waals surface area contributed by atoms with E-state index in [9.17, 15) is 22.8 Å². The van der Waals surface area contributed by atoms with Crippen molar-refractivity contribution in [1.29, 1.82) is 0 Å². The Bertz CT molecular complexity index is 834. The molecule has 0 aliphatic heterocycles. The second kappa shape index (κ2) is 9.12. The highest BCUT2D eigenvalue weighted by Crippen LogP contribution is 2.34. The predicted molar refractivity (Wildman–Crippen MR) is 95.0 cm³/mol. The van der Waals surface area contributed by atoms with Crippen LogP contribution in [0.4, 0.5) is 18.9 Å². The van der Waals surface area contributed by atoms with Crippen molar-refractivity contribution in [2.24, 2.45) is 0 Å². The number of benzene rings is 2. The lowest BCUT2D eigenvalue weighted by Gasteiger charge is -2.14. The van der Waals surface area contributed by atoms with E-state index in [1.807, 2.05) is 6.92 Å². The zero-order valence-electron chi connectivity index (χ0n) is 15.1. The van der Waals surface area contributed by atoms with Gasteiger partial charge in [0.2, 0.25) is 0 Å². The summed E-state index contributed by atoms with van der Waals surface area (Å²) in [5.41, 5.74) is 1.36. The number of hydrogen-bond acceptors (Lipinski definition) is 5. The van der Waals surface area contributed by atoms with Crippen LogP contribution in [-0.4, -0.2) is 32.0 Å². The molecule has 2 aromatic carbocycles. The van der Waals surface area contributed by atoms with Gasteiger partial charge in [0.1, 0.15) is 11.5 Å². The molecule has 0 atom stereocenters. The summed E-state index contributed by atoms with van der Waals surface area (Å²) in [5, 5.41) is 2.39. The summed E-state index contributed by atoms with van der Waals surface area (Å²) in [5.74, 6) is -1.89. The molecule has 2 aromatic rings. The third-order valence-electron chi connectivity index (χ3n) is 3.47. The Kier molecular flexibility index (Phi) is 6.86. The van der Waals surface area contributed by atoms with Gasteiger partial charge in [-0.3, -0.25) is 4.79 Å². The van der Waals surface area contributed by atoms with E-state index in [0.29, 0.717) is 29.2 Å². The minimum absolute atomic E-state index is 0.296. The van der Waals surface area contributed by atoms with Crippen molar-refractivity contribution in [2.45, 2.75) is 19.7 Å². The third-order valence-corrected chi connectivity index (χ3v) is 3.47. The van der Waals surface area contributed by atoms with Crippen LogP contribution >= 0.6 is 0 Å². The number of carbonyl (C=O) groups is 2. The molecule has 28 heavy (non-hydrogen) atoms. The third kappa shape index (κ3) is 5.90. The van der Waals surface area contributed by atoms with Crippen LogP contribution in [0.3, 0.4) is 0 Å². The number of amides is 1. The molecule has 1 amide bonds. The zero-order valence-corrected chi connectivity index (χ0v) is 15.1. The van der Waals surface area contributed by atoms with Gasteiger partial charge >= 0.3 is 18.2 Å². The molecule has 0 radical (unpaired) electrons. The number of alkyl halides is 3. The summed E-state index contributed by atoms with van der Waals surface area (Å²) in [6.45, 7) is 2.35. The molecule has 0 aliphatic carbocycles. The van der Waals surface area contributed by atoms with Crippen molar-refractivity contribution in [3.63, 3.8) is 0 Å². The van der Waals surface area contributed by atoms with Crippen LogP contribution in [0.5, 0.6) is 11.5 Å². The molecule has 0 unspecified atom stereocenters. The Morgan fingerprint density at radius 2 is 1.75 bits per heavy atom. The van der Waals surface area contributed by atoms with Crippen molar-refractivity contribution in [1.82, 2.24) is 0 Å². The maximum absolute atomic E-state index is 12.3. The fourth-order valence-corrected chi connectivity index (χ4v) is 2.28. The molecule has 9 heteroatoms. The van der Waals surface area contributed by atoms with Gasteiger partial charge in [-0.25, -0.2) is 4.79 Å². The molecule has 0 aromatic heterocycles. The minimum Gasteiger partial charge on any atom is -0.493 e.